The molecule has 0 saturated heterocycles. The first-order valence-electron chi connectivity index (χ1n) is 6.98. The smallest absolute Gasteiger partial charge is 0.251 e. The monoisotopic (exact) mass is 267 g/mol. The van der Waals surface area contributed by atoms with Crippen LogP contribution in [0.4, 0.5) is 5.82 Å². The lowest BCUT2D eigenvalue weighted by Gasteiger charge is -2.06. The van der Waals surface area contributed by atoms with Crippen LogP contribution in [0.1, 0.15) is 57.2 Å². The van der Waals surface area contributed by atoms with Crippen molar-refractivity contribution < 1.29 is 9.53 Å². The highest BCUT2D eigenvalue weighted by Gasteiger charge is 2.13. The standard InChI is InChI=1S/C14H25N3O2/c1-5-6-7-8-19-9-12(18)15-14-11(4)13(10(2)3)16-17-14/h10H,5-9H2,1-4H3,(H2,15,16,17,18). The number of amides is 1. The normalized spacial score (nSPS) is 11.0. The number of anilines is 1. The number of nitrogens with one attached hydrogen (secondary N) is 2. The van der Waals surface area contributed by atoms with E-state index in [0.29, 0.717) is 18.3 Å². The summed E-state index contributed by atoms with van der Waals surface area (Å²) in [5, 5.41) is 9.85. The summed E-state index contributed by atoms with van der Waals surface area (Å²) in [4.78, 5) is 11.7. The molecule has 2 N–H and O–H groups in total. The van der Waals surface area contributed by atoms with Crippen molar-refractivity contribution in [2.24, 2.45) is 0 Å². The molecule has 0 atom stereocenters. The lowest BCUT2D eigenvalue weighted by molar-refractivity contribution is -0.120. The van der Waals surface area contributed by atoms with Gasteiger partial charge >= 0.3 is 0 Å². The highest BCUT2D eigenvalue weighted by atomic mass is 16.5. The summed E-state index contributed by atoms with van der Waals surface area (Å²) in [6, 6.07) is 0. The summed E-state index contributed by atoms with van der Waals surface area (Å²) in [5.41, 5.74) is 2.05. The highest BCUT2D eigenvalue weighted by molar-refractivity contribution is 5.91. The molecule has 1 rings (SSSR count). The third kappa shape index (κ3) is 5.03. The SMILES string of the molecule is CCCCCOCC(=O)Nc1n[nH]c(C(C)C)c1C. The number of hydrogen-bond acceptors (Lipinski definition) is 3. The molecular weight excluding hydrogens is 242 g/mol. The number of carbonyl (C=O) groups excluding carboxylic acids is 1. The van der Waals surface area contributed by atoms with Gasteiger partial charge in [-0.3, -0.25) is 9.89 Å². The van der Waals surface area contributed by atoms with Crippen molar-refractivity contribution in [2.75, 3.05) is 18.5 Å². The molecule has 0 bridgehead atoms. The van der Waals surface area contributed by atoms with Crippen LogP contribution in [0.25, 0.3) is 0 Å². The van der Waals surface area contributed by atoms with Gasteiger partial charge in [0.25, 0.3) is 5.91 Å². The number of carbonyl (C=O) groups is 1. The average Bonchev–Trinajstić information content (AvgIpc) is 2.71. The minimum absolute atomic E-state index is 0.0903. The Morgan fingerprint density at radius 2 is 2.16 bits per heavy atom. The van der Waals surface area contributed by atoms with E-state index in [2.05, 4.69) is 36.3 Å². The molecule has 5 nitrogen and oxygen atoms in total. The maximum absolute atomic E-state index is 11.7. The molecule has 0 aliphatic carbocycles. The number of hydrogen-bond donors (Lipinski definition) is 2. The Balaban J connectivity index is 2.36. The van der Waals surface area contributed by atoms with E-state index in [1.807, 2.05) is 6.92 Å². The van der Waals surface area contributed by atoms with Gasteiger partial charge in [0.1, 0.15) is 6.61 Å². The van der Waals surface area contributed by atoms with Gasteiger partial charge in [0, 0.05) is 17.9 Å². The second-order valence-electron chi connectivity index (χ2n) is 5.07. The lowest BCUT2D eigenvalue weighted by Crippen LogP contribution is -2.19. The first kappa shape index (κ1) is 15.7. The van der Waals surface area contributed by atoms with Gasteiger partial charge in [0.15, 0.2) is 5.82 Å². The first-order chi connectivity index (χ1) is 9.06. The molecule has 0 aromatic carbocycles. The molecule has 1 amide bonds. The molecule has 0 saturated carbocycles. The van der Waals surface area contributed by atoms with Crippen LogP contribution in [0.3, 0.4) is 0 Å². The summed E-state index contributed by atoms with van der Waals surface area (Å²) in [5.74, 6) is 0.815. The second kappa shape index (κ2) is 7.94. The van der Waals surface area contributed by atoms with Crippen molar-refractivity contribution in [1.82, 2.24) is 10.2 Å². The Hall–Kier alpha value is -1.36. The molecule has 0 spiro atoms. The van der Waals surface area contributed by atoms with Crippen molar-refractivity contribution in [1.29, 1.82) is 0 Å². The van der Waals surface area contributed by atoms with Crippen LogP contribution >= 0.6 is 0 Å². The minimum atomic E-state index is -0.151. The third-order valence-electron chi connectivity index (χ3n) is 3.01. The van der Waals surface area contributed by atoms with E-state index in [1.54, 1.807) is 0 Å². The number of nitrogens with zero attached hydrogens (tertiary/aromatic N) is 1. The van der Waals surface area contributed by atoms with Gasteiger partial charge in [-0.05, 0) is 19.3 Å². The predicted molar refractivity (Wildman–Crippen MR) is 76.4 cm³/mol. The molecule has 108 valence electrons. The molecule has 1 aromatic heterocycles. The van der Waals surface area contributed by atoms with Gasteiger partial charge in [-0.15, -0.1) is 0 Å². The first-order valence-corrected chi connectivity index (χ1v) is 6.98. The summed E-state index contributed by atoms with van der Waals surface area (Å²) in [6.07, 6.45) is 3.29. The summed E-state index contributed by atoms with van der Waals surface area (Å²) >= 11 is 0. The van der Waals surface area contributed by atoms with Crippen LogP contribution in [0.2, 0.25) is 0 Å². The molecule has 1 heterocycles. The van der Waals surface area contributed by atoms with Gasteiger partial charge < -0.3 is 10.1 Å². The fourth-order valence-corrected chi connectivity index (χ4v) is 1.88. The van der Waals surface area contributed by atoms with E-state index in [9.17, 15) is 4.79 Å². The van der Waals surface area contributed by atoms with Crippen molar-refractivity contribution in [2.45, 2.75) is 52.9 Å². The van der Waals surface area contributed by atoms with Crippen LogP contribution < -0.4 is 5.32 Å². The van der Waals surface area contributed by atoms with E-state index in [-0.39, 0.29) is 12.5 Å². The molecule has 1 aromatic rings. The Kier molecular flexibility index (Phi) is 6.56. The second-order valence-corrected chi connectivity index (χ2v) is 5.07. The Labute approximate surface area is 115 Å². The van der Waals surface area contributed by atoms with E-state index in [4.69, 9.17) is 4.74 Å². The lowest BCUT2D eigenvalue weighted by atomic mass is 10.1. The van der Waals surface area contributed by atoms with Crippen molar-refractivity contribution in [3.8, 4) is 0 Å². The molecule has 5 heteroatoms. The summed E-state index contributed by atoms with van der Waals surface area (Å²) in [7, 11) is 0. The van der Waals surface area contributed by atoms with Crippen LogP contribution in [-0.2, 0) is 9.53 Å². The van der Waals surface area contributed by atoms with E-state index in [1.165, 1.54) is 0 Å². The van der Waals surface area contributed by atoms with Gasteiger partial charge in [0.05, 0.1) is 0 Å². The number of unbranched alkanes of at least 4 members (excludes halogenated alkanes) is 2. The van der Waals surface area contributed by atoms with Crippen molar-refractivity contribution in [3.63, 3.8) is 0 Å². The van der Waals surface area contributed by atoms with Crippen LogP contribution in [0, 0.1) is 6.92 Å². The number of aromatic nitrogens is 2. The summed E-state index contributed by atoms with van der Waals surface area (Å²) in [6.45, 7) is 8.99. The zero-order chi connectivity index (χ0) is 14.3. The molecule has 0 fully saturated rings. The zero-order valence-electron chi connectivity index (χ0n) is 12.4. The molecule has 19 heavy (non-hydrogen) atoms. The topological polar surface area (TPSA) is 67.0 Å². The number of H-pyrrole nitrogens is 1. The molecule has 0 aliphatic rings. The number of aromatic amines is 1. The van der Waals surface area contributed by atoms with E-state index in [0.717, 1.165) is 30.5 Å². The van der Waals surface area contributed by atoms with Crippen LogP contribution in [0.15, 0.2) is 0 Å². The molecular formula is C14H25N3O2. The number of ether oxygens (including phenoxy) is 1. The Morgan fingerprint density at radius 1 is 1.42 bits per heavy atom. The third-order valence-corrected chi connectivity index (χ3v) is 3.01. The molecule has 0 aliphatic heterocycles. The predicted octanol–water partition coefficient (Wildman–Crippen LogP) is 2.99. The molecule has 0 unspecified atom stereocenters. The maximum Gasteiger partial charge on any atom is 0.251 e. The maximum atomic E-state index is 11.7. The minimum Gasteiger partial charge on any atom is -0.372 e. The van der Waals surface area contributed by atoms with Crippen molar-refractivity contribution >= 4 is 11.7 Å². The van der Waals surface area contributed by atoms with Crippen LogP contribution in [0.5, 0.6) is 0 Å². The fourth-order valence-electron chi connectivity index (χ4n) is 1.88. The average molecular weight is 267 g/mol. The molecule has 0 radical (unpaired) electrons. The fraction of sp³-hybridized carbons (Fsp3) is 0.714. The van der Waals surface area contributed by atoms with Gasteiger partial charge in [-0.1, -0.05) is 33.6 Å². The van der Waals surface area contributed by atoms with Gasteiger partial charge in [0.2, 0.25) is 0 Å². The highest BCUT2D eigenvalue weighted by Crippen LogP contribution is 2.21. The van der Waals surface area contributed by atoms with Crippen molar-refractivity contribution in [3.05, 3.63) is 11.3 Å². The van der Waals surface area contributed by atoms with Crippen LogP contribution in [-0.4, -0.2) is 29.3 Å². The quantitative estimate of drug-likeness (QED) is 0.711. The zero-order valence-corrected chi connectivity index (χ0v) is 12.4. The largest absolute Gasteiger partial charge is 0.372 e. The number of rotatable bonds is 8. The Bertz CT molecular complexity index is 399. The Morgan fingerprint density at radius 3 is 2.74 bits per heavy atom. The van der Waals surface area contributed by atoms with Gasteiger partial charge in [-0.2, -0.15) is 5.10 Å². The van der Waals surface area contributed by atoms with Gasteiger partial charge in [-0.25, -0.2) is 0 Å². The van der Waals surface area contributed by atoms with E-state index >= 15 is 0 Å². The van der Waals surface area contributed by atoms with E-state index < -0.39 is 0 Å². The summed E-state index contributed by atoms with van der Waals surface area (Å²) < 4.78 is 5.31.